The lowest BCUT2D eigenvalue weighted by molar-refractivity contribution is 0.102. The predicted molar refractivity (Wildman–Crippen MR) is 144 cm³/mol. The molecule has 0 atom stereocenters. The first kappa shape index (κ1) is 25.6. The number of para-hydroxylation sites is 2. The standard InChI is InChI=1S/C28H32N4O3S/c1-3-5-19-32(20-6-4-2)36(34,35)24-17-13-22(14-18-24)28(33)29-23-15-11-21(12-16-23)27-30-25-9-7-8-10-26(25)31-27/h7-18H,3-6,19-20H2,1-2H3,(H,29,33)(H,30,31). The summed E-state index contributed by atoms with van der Waals surface area (Å²) in [6.07, 6.45) is 3.49. The number of imidazole rings is 1. The van der Waals surface area contributed by atoms with E-state index in [0.29, 0.717) is 24.3 Å². The maximum absolute atomic E-state index is 13.1. The lowest BCUT2D eigenvalue weighted by Crippen LogP contribution is -2.33. The Morgan fingerprint density at radius 1 is 0.889 bits per heavy atom. The number of fused-ring (bicyclic) bond motifs is 1. The molecule has 1 aromatic heterocycles. The number of hydrogen-bond acceptors (Lipinski definition) is 4. The third-order valence-corrected chi connectivity index (χ3v) is 7.99. The molecule has 2 N–H and O–H groups in total. The molecule has 0 aliphatic rings. The molecular weight excluding hydrogens is 472 g/mol. The van der Waals surface area contributed by atoms with Crippen LogP contribution in [0.25, 0.3) is 22.4 Å². The molecule has 0 spiro atoms. The second-order valence-electron chi connectivity index (χ2n) is 8.77. The largest absolute Gasteiger partial charge is 0.338 e. The van der Waals surface area contributed by atoms with E-state index in [1.165, 1.54) is 12.1 Å². The van der Waals surface area contributed by atoms with Gasteiger partial charge in [0.05, 0.1) is 15.9 Å². The fourth-order valence-electron chi connectivity index (χ4n) is 3.95. The zero-order valence-corrected chi connectivity index (χ0v) is 21.5. The summed E-state index contributed by atoms with van der Waals surface area (Å²) < 4.78 is 27.8. The number of H-pyrrole nitrogens is 1. The number of sulfonamides is 1. The van der Waals surface area contributed by atoms with E-state index in [1.54, 1.807) is 16.4 Å². The number of aromatic amines is 1. The minimum atomic E-state index is -3.60. The van der Waals surface area contributed by atoms with Crippen LogP contribution >= 0.6 is 0 Å². The average Bonchev–Trinajstić information content (AvgIpc) is 3.33. The van der Waals surface area contributed by atoms with E-state index in [-0.39, 0.29) is 10.8 Å². The highest BCUT2D eigenvalue weighted by Crippen LogP contribution is 2.23. The van der Waals surface area contributed by atoms with Crippen LogP contribution in [0.1, 0.15) is 49.9 Å². The number of carbonyl (C=O) groups excluding carboxylic acids is 1. The van der Waals surface area contributed by atoms with Crippen molar-refractivity contribution in [2.24, 2.45) is 0 Å². The minimum absolute atomic E-state index is 0.210. The van der Waals surface area contributed by atoms with Crippen molar-refractivity contribution in [3.8, 4) is 11.4 Å². The van der Waals surface area contributed by atoms with E-state index in [2.05, 4.69) is 15.3 Å². The van der Waals surface area contributed by atoms with Crippen LogP contribution in [0.2, 0.25) is 0 Å². The number of hydrogen-bond donors (Lipinski definition) is 2. The summed E-state index contributed by atoms with van der Waals surface area (Å²) in [6.45, 7) is 5.10. The van der Waals surface area contributed by atoms with Crippen LogP contribution in [0.5, 0.6) is 0 Å². The summed E-state index contributed by atoms with van der Waals surface area (Å²) in [5.74, 6) is 0.460. The van der Waals surface area contributed by atoms with Gasteiger partial charge in [0.1, 0.15) is 5.82 Å². The van der Waals surface area contributed by atoms with Crippen LogP contribution in [0.3, 0.4) is 0 Å². The molecule has 188 valence electrons. The van der Waals surface area contributed by atoms with Crippen molar-refractivity contribution in [3.05, 3.63) is 78.4 Å². The van der Waals surface area contributed by atoms with E-state index in [1.807, 2.05) is 62.4 Å². The van der Waals surface area contributed by atoms with Gasteiger partial charge in [-0.1, -0.05) is 38.8 Å². The summed E-state index contributed by atoms with van der Waals surface area (Å²) >= 11 is 0. The third kappa shape index (κ3) is 5.83. The molecular formula is C28H32N4O3S. The van der Waals surface area contributed by atoms with E-state index < -0.39 is 10.0 Å². The Labute approximate surface area is 212 Å². The zero-order chi connectivity index (χ0) is 25.5. The zero-order valence-electron chi connectivity index (χ0n) is 20.7. The van der Waals surface area contributed by atoms with Crippen molar-refractivity contribution in [1.82, 2.24) is 14.3 Å². The first-order valence-electron chi connectivity index (χ1n) is 12.4. The summed E-state index contributed by atoms with van der Waals surface area (Å²) in [6, 6.07) is 21.4. The lowest BCUT2D eigenvalue weighted by atomic mass is 10.1. The van der Waals surface area contributed by atoms with Gasteiger partial charge in [-0.2, -0.15) is 4.31 Å². The maximum atomic E-state index is 13.1. The second kappa shape index (κ2) is 11.5. The van der Waals surface area contributed by atoms with Gasteiger partial charge in [-0.15, -0.1) is 0 Å². The Bertz CT molecular complexity index is 1370. The quantitative estimate of drug-likeness (QED) is 0.259. The third-order valence-electron chi connectivity index (χ3n) is 6.08. The summed E-state index contributed by atoms with van der Waals surface area (Å²) in [7, 11) is -3.60. The number of carbonyl (C=O) groups is 1. The van der Waals surface area contributed by atoms with Crippen molar-refractivity contribution in [2.75, 3.05) is 18.4 Å². The highest BCUT2D eigenvalue weighted by molar-refractivity contribution is 7.89. The summed E-state index contributed by atoms with van der Waals surface area (Å²) in [4.78, 5) is 20.9. The van der Waals surface area contributed by atoms with Crippen molar-refractivity contribution in [1.29, 1.82) is 0 Å². The van der Waals surface area contributed by atoms with Gasteiger partial charge < -0.3 is 10.3 Å². The Morgan fingerprint density at radius 2 is 1.53 bits per heavy atom. The molecule has 36 heavy (non-hydrogen) atoms. The van der Waals surface area contributed by atoms with Gasteiger partial charge in [0, 0.05) is 29.9 Å². The van der Waals surface area contributed by atoms with Crippen LogP contribution in [-0.4, -0.2) is 41.7 Å². The molecule has 0 fully saturated rings. The number of benzene rings is 3. The summed E-state index contributed by atoms with van der Waals surface area (Å²) in [5, 5.41) is 2.87. The van der Waals surface area contributed by atoms with Gasteiger partial charge in [0.25, 0.3) is 5.91 Å². The van der Waals surface area contributed by atoms with Gasteiger partial charge in [0.2, 0.25) is 10.0 Å². The Kier molecular flexibility index (Phi) is 8.18. The molecule has 0 unspecified atom stereocenters. The maximum Gasteiger partial charge on any atom is 0.255 e. The number of nitrogens with zero attached hydrogens (tertiary/aromatic N) is 2. The highest BCUT2D eigenvalue weighted by Gasteiger charge is 2.23. The Morgan fingerprint density at radius 3 is 2.14 bits per heavy atom. The van der Waals surface area contributed by atoms with Crippen molar-refractivity contribution in [2.45, 2.75) is 44.4 Å². The second-order valence-corrected chi connectivity index (χ2v) is 10.7. The molecule has 0 aliphatic heterocycles. The first-order valence-corrected chi connectivity index (χ1v) is 13.8. The van der Waals surface area contributed by atoms with Gasteiger partial charge in [0.15, 0.2) is 0 Å². The molecule has 0 saturated heterocycles. The van der Waals surface area contributed by atoms with E-state index in [0.717, 1.165) is 48.1 Å². The van der Waals surface area contributed by atoms with Crippen molar-refractivity contribution >= 4 is 32.7 Å². The number of anilines is 1. The van der Waals surface area contributed by atoms with Gasteiger partial charge in [-0.3, -0.25) is 4.79 Å². The molecule has 0 aliphatic carbocycles. The Balaban J connectivity index is 1.43. The number of nitrogens with one attached hydrogen (secondary N) is 2. The summed E-state index contributed by atoms with van der Waals surface area (Å²) in [5.41, 5.74) is 3.81. The number of unbranched alkanes of at least 4 members (excludes halogenated alkanes) is 2. The molecule has 0 bridgehead atoms. The highest BCUT2D eigenvalue weighted by atomic mass is 32.2. The molecule has 8 heteroatoms. The fraction of sp³-hybridized carbons (Fsp3) is 0.286. The molecule has 7 nitrogen and oxygen atoms in total. The normalized spacial score (nSPS) is 11.8. The van der Waals surface area contributed by atoms with Gasteiger partial charge in [-0.25, -0.2) is 13.4 Å². The van der Waals surface area contributed by atoms with E-state index in [4.69, 9.17) is 0 Å². The Hall–Kier alpha value is -3.49. The molecule has 1 heterocycles. The van der Waals surface area contributed by atoms with Crippen molar-refractivity contribution < 1.29 is 13.2 Å². The smallest absolute Gasteiger partial charge is 0.255 e. The predicted octanol–water partition coefficient (Wildman–Crippen LogP) is 6.07. The average molecular weight is 505 g/mol. The molecule has 3 aromatic carbocycles. The minimum Gasteiger partial charge on any atom is -0.338 e. The van der Waals surface area contributed by atoms with Crippen molar-refractivity contribution in [3.63, 3.8) is 0 Å². The number of rotatable bonds is 11. The molecule has 1 amide bonds. The van der Waals surface area contributed by atoms with E-state index >= 15 is 0 Å². The topological polar surface area (TPSA) is 95.2 Å². The SMILES string of the molecule is CCCCN(CCCC)S(=O)(=O)c1ccc(C(=O)Nc2ccc(-c3nc4ccccc4[nH]3)cc2)cc1. The van der Waals surface area contributed by atoms with Crippen LogP contribution in [0, 0.1) is 0 Å². The van der Waals surface area contributed by atoms with E-state index in [9.17, 15) is 13.2 Å². The lowest BCUT2D eigenvalue weighted by Gasteiger charge is -2.22. The molecule has 4 aromatic rings. The first-order chi connectivity index (χ1) is 17.4. The van der Waals surface area contributed by atoms with Crippen LogP contribution in [0.4, 0.5) is 5.69 Å². The number of amides is 1. The molecule has 4 rings (SSSR count). The van der Waals surface area contributed by atoms with Gasteiger partial charge in [-0.05, 0) is 73.5 Å². The van der Waals surface area contributed by atoms with Gasteiger partial charge >= 0.3 is 0 Å². The number of aromatic nitrogens is 2. The van der Waals surface area contributed by atoms with Crippen LogP contribution in [-0.2, 0) is 10.0 Å². The molecule has 0 radical (unpaired) electrons. The fourth-order valence-corrected chi connectivity index (χ4v) is 5.47. The monoisotopic (exact) mass is 504 g/mol. The van der Waals surface area contributed by atoms with Crippen LogP contribution < -0.4 is 5.32 Å². The van der Waals surface area contributed by atoms with Crippen LogP contribution in [0.15, 0.2) is 77.7 Å². The molecule has 0 saturated carbocycles.